The Morgan fingerprint density at radius 3 is 1.36 bits per heavy atom. The van der Waals surface area contributed by atoms with Crippen LogP contribution >= 0.6 is 0 Å². The Morgan fingerprint density at radius 2 is 0.915 bits per heavy atom. The van der Waals surface area contributed by atoms with E-state index in [1.165, 1.54) is 6.07 Å². The summed E-state index contributed by atoms with van der Waals surface area (Å²) in [6.45, 7) is 7.39. The number of aryl methyl sites for hydroxylation is 4. The highest BCUT2D eigenvalue weighted by Crippen LogP contribution is 2.42. The van der Waals surface area contributed by atoms with E-state index in [1.807, 2.05) is 107 Å². The predicted octanol–water partition coefficient (Wildman–Crippen LogP) is 10.4. The van der Waals surface area contributed by atoms with E-state index in [1.54, 1.807) is 12.1 Å². The van der Waals surface area contributed by atoms with E-state index in [4.69, 9.17) is 0 Å². The van der Waals surface area contributed by atoms with Gasteiger partial charge in [0.25, 0.3) is 0 Å². The Labute approximate surface area is 337 Å². The standard InChI is InChI=1S/C48H31FN10/c1-26-52-27(2)55-47(54-26)31-14-17-43-37(20-31)35-9-5-7-11-41(35)58(43)45-22-33(34-16-13-30(24-50)19-40(34)49)23-46(39(45)25-51)59-42-12-8-6-10-36(42)38-21-32(15-18-44(38)59)48-56-28(3)53-29(4)57-48/h5-23H,1-4H3. The van der Waals surface area contributed by atoms with Crippen molar-refractivity contribution in [1.29, 1.82) is 10.5 Å². The van der Waals surface area contributed by atoms with Crippen LogP contribution in [0.5, 0.6) is 0 Å². The highest BCUT2D eigenvalue weighted by Gasteiger charge is 2.24. The maximum Gasteiger partial charge on any atom is 0.163 e. The third-order valence-corrected chi connectivity index (χ3v) is 10.7. The van der Waals surface area contributed by atoms with Crippen molar-refractivity contribution in [3.05, 3.63) is 156 Å². The van der Waals surface area contributed by atoms with E-state index >= 15 is 4.39 Å². The lowest BCUT2D eigenvalue weighted by Crippen LogP contribution is -2.05. The third kappa shape index (κ3) is 5.75. The zero-order valence-corrected chi connectivity index (χ0v) is 32.3. The molecular weight excluding hydrogens is 736 g/mol. The first-order valence-electron chi connectivity index (χ1n) is 18.9. The summed E-state index contributed by atoms with van der Waals surface area (Å²) in [5, 5.41) is 24.7. The SMILES string of the molecule is Cc1nc(C)nc(-c2ccc3c(c2)c2ccccc2n3-c2cc(-c3ccc(C#N)cc3F)cc(-n3c4ccccc4c4cc(-c5nc(C)nc(C)n5)ccc43)c2C#N)n1. The minimum atomic E-state index is -0.546. The lowest BCUT2D eigenvalue weighted by Gasteiger charge is -2.18. The number of hydrogen-bond acceptors (Lipinski definition) is 8. The summed E-state index contributed by atoms with van der Waals surface area (Å²) in [6, 6.07) is 41.0. The summed E-state index contributed by atoms with van der Waals surface area (Å²) < 4.78 is 20.3. The van der Waals surface area contributed by atoms with E-state index < -0.39 is 5.82 Å². The molecule has 0 spiro atoms. The first kappa shape index (κ1) is 35.3. The highest BCUT2D eigenvalue weighted by atomic mass is 19.1. The average molecular weight is 767 g/mol. The highest BCUT2D eigenvalue weighted by molar-refractivity contribution is 6.12. The lowest BCUT2D eigenvalue weighted by atomic mass is 9.98. The zero-order chi connectivity index (χ0) is 40.5. The van der Waals surface area contributed by atoms with Gasteiger partial charge in [-0.15, -0.1) is 0 Å². The molecule has 0 saturated carbocycles. The van der Waals surface area contributed by atoms with Crippen LogP contribution in [0.3, 0.4) is 0 Å². The van der Waals surface area contributed by atoms with E-state index in [0.717, 1.165) is 54.7 Å². The molecule has 280 valence electrons. The number of halogens is 1. The molecule has 0 unspecified atom stereocenters. The van der Waals surface area contributed by atoms with Crippen molar-refractivity contribution < 1.29 is 4.39 Å². The lowest BCUT2D eigenvalue weighted by molar-refractivity contribution is 0.631. The molecule has 4 heterocycles. The molecule has 0 bridgehead atoms. The molecule has 0 aliphatic carbocycles. The molecule has 10 nitrogen and oxygen atoms in total. The number of fused-ring (bicyclic) bond motifs is 6. The van der Waals surface area contributed by atoms with Crippen molar-refractivity contribution in [2.24, 2.45) is 0 Å². The summed E-state index contributed by atoms with van der Waals surface area (Å²) in [5.41, 5.74) is 7.61. The quantitative estimate of drug-likeness (QED) is 0.169. The van der Waals surface area contributed by atoms with Gasteiger partial charge in [-0.2, -0.15) is 10.5 Å². The number of aromatic nitrogens is 8. The molecule has 0 aliphatic rings. The van der Waals surface area contributed by atoms with E-state index in [-0.39, 0.29) is 5.56 Å². The molecule has 0 saturated heterocycles. The summed E-state index contributed by atoms with van der Waals surface area (Å²) in [4.78, 5) is 27.2. The Kier molecular flexibility index (Phi) is 8.08. The number of hydrogen-bond donors (Lipinski definition) is 0. The van der Waals surface area contributed by atoms with Crippen molar-refractivity contribution in [1.82, 2.24) is 39.0 Å². The van der Waals surface area contributed by atoms with Gasteiger partial charge in [-0.1, -0.05) is 42.5 Å². The van der Waals surface area contributed by atoms with Gasteiger partial charge in [0.05, 0.1) is 45.1 Å². The number of nitrogens with zero attached hydrogens (tertiary/aromatic N) is 10. The molecule has 0 aliphatic heterocycles. The second-order valence-corrected chi connectivity index (χ2v) is 14.5. The molecule has 59 heavy (non-hydrogen) atoms. The number of benzene rings is 6. The van der Waals surface area contributed by atoms with Gasteiger partial charge >= 0.3 is 0 Å². The van der Waals surface area contributed by atoms with Gasteiger partial charge in [0, 0.05) is 38.2 Å². The average Bonchev–Trinajstić information content (AvgIpc) is 3.74. The number of rotatable bonds is 5. The van der Waals surface area contributed by atoms with Crippen LogP contribution in [-0.2, 0) is 0 Å². The summed E-state index contributed by atoms with van der Waals surface area (Å²) >= 11 is 0. The molecule has 10 rings (SSSR count). The third-order valence-electron chi connectivity index (χ3n) is 10.7. The smallest absolute Gasteiger partial charge is 0.163 e. The van der Waals surface area contributed by atoms with Crippen molar-refractivity contribution in [2.75, 3.05) is 0 Å². The van der Waals surface area contributed by atoms with Crippen LogP contribution in [0.2, 0.25) is 0 Å². The molecular formula is C48H31FN10. The van der Waals surface area contributed by atoms with Crippen molar-refractivity contribution in [2.45, 2.75) is 27.7 Å². The molecule has 11 heteroatoms. The van der Waals surface area contributed by atoms with E-state index in [2.05, 4.69) is 69.4 Å². The minimum Gasteiger partial charge on any atom is -0.308 e. The Morgan fingerprint density at radius 1 is 0.458 bits per heavy atom. The van der Waals surface area contributed by atoms with Crippen LogP contribution in [-0.4, -0.2) is 39.0 Å². The second kappa shape index (κ2) is 13.5. The van der Waals surface area contributed by atoms with Gasteiger partial charge in [0.1, 0.15) is 40.7 Å². The van der Waals surface area contributed by atoms with E-state index in [0.29, 0.717) is 63.0 Å². The van der Waals surface area contributed by atoms with Gasteiger partial charge in [-0.3, -0.25) is 0 Å². The normalized spacial score (nSPS) is 11.4. The Hall–Kier alpha value is -8.15. The Balaban J connectivity index is 1.30. The molecule has 0 N–H and O–H groups in total. The number of para-hydroxylation sites is 2. The summed E-state index contributed by atoms with van der Waals surface area (Å²) in [5.74, 6) is 3.12. The molecule has 6 aromatic carbocycles. The molecule has 4 aromatic heterocycles. The Bertz CT molecular complexity index is 3260. The van der Waals surface area contributed by atoms with Crippen LogP contribution < -0.4 is 0 Å². The van der Waals surface area contributed by atoms with Crippen LogP contribution in [0.4, 0.5) is 4.39 Å². The second-order valence-electron chi connectivity index (χ2n) is 14.5. The first-order valence-corrected chi connectivity index (χ1v) is 18.9. The first-order chi connectivity index (χ1) is 28.7. The van der Waals surface area contributed by atoms with Crippen molar-refractivity contribution in [3.63, 3.8) is 0 Å². The van der Waals surface area contributed by atoms with Gasteiger partial charge in [-0.25, -0.2) is 34.3 Å². The fourth-order valence-electron chi connectivity index (χ4n) is 8.29. The molecule has 0 amide bonds. The van der Waals surface area contributed by atoms with Crippen molar-refractivity contribution in [3.8, 4) is 57.4 Å². The number of nitriles is 2. The van der Waals surface area contributed by atoms with Crippen LogP contribution in [0.15, 0.2) is 115 Å². The molecule has 0 fully saturated rings. The molecule has 0 radical (unpaired) electrons. The fourth-order valence-corrected chi connectivity index (χ4v) is 8.29. The van der Waals surface area contributed by atoms with Gasteiger partial charge in [-0.05, 0) is 106 Å². The molecule has 10 aromatic rings. The monoisotopic (exact) mass is 766 g/mol. The van der Waals surface area contributed by atoms with Crippen LogP contribution in [0, 0.1) is 56.2 Å². The summed E-state index contributed by atoms with van der Waals surface area (Å²) in [6.07, 6.45) is 0. The fraction of sp³-hybridized carbons (Fsp3) is 0.0833. The molecule has 0 atom stereocenters. The van der Waals surface area contributed by atoms with Crippen molar-refractivity contribution >= 4 is 43.6 Å². The zero-order valence-electron chi connectivity index (χ0n) is 32.3. The van der Waals surface area contributed by atoms with Crippen LogP contribution in [0.25, 0.3) is 88.9 Å². The van der Waals surface area contributed by atoms with Gasteiger partial charge in [0.15, 0.2) is 11.6 Å². The maximum absolute atomic E-state index is 16.1. The topological polar surface area (TPSA) is 135 Å². The van der Waals surface area contributed by atoms with Gasteiger partial charge < -0.3 is 9.13 Å². The van der Waals surface area contributed by atoms with Crippen LogP contribution in [0.1, 0.15) is 34.4 Å². The van der Waals surface area contributed by atoms with Gasteiger partial charge in [0.2, 0.25) is 0 Å². The minimum absolute atomic E-state index is 0.212. The van der Waals surface area contributed by atoms with E-state index in [9.17, 15) is 10.5 Å². The maximum atomic E-state index is 16.1. The predicted molar refractivity (Wildman–Crippen MR) is 227 cm³/mol. The largest absolute Gasteiger partial charge is 0.308 e. The summed E-state index contributed by atoms with van der Waals surface area (Å²) in [7, 11) is 0.